The highest BCUT2D eigenvalue weighted by Gasteiger charge is 2.26. The summed E-state index contributed by atoms with van der Waals surface area (Å²) in [7, 11) is 0. The van der Waals surface area contributed by atoms with Gasteiger partial charge in [0.1, 0.15) is 0 Å². The van der Waals surface area contributed by atoms with Crippen LogP contribution in [0.25, 0.3) is 0 Å². The van der Waals surface area contributed by atoms with Crippen molar-refractivity contribution in [2.75, 3.05) is 23.3 Å². The van der Waals surface area contributed by atoms with Crippen molar-refractivity contribution in [3.05, 3.63) is 62.6 Å². The fraction of sp³-hybridized carbons (Fsp3) is 0.278. The van der Waals surface area contributed by atoms with E-state index < -0.39 is 4.92 Å². The molecule has 0 radical (unpaired) electrons. The first-order valence-electron chi connectivity index (χ1n) is 8.19. The molecule has 0 saturated carbocycles. The maximum absolute atomic E-state index is 12.5. The topological polar surface area (TPSA) is 75.5 Å². The van der Waals surface area contributed by atoms with Crippen LogP contribution in [0.1, 0.15) is 12.8 Å². The van der Waals surface area contributed by atoms with E-state index in [0.29, 0.717) is 17.9 Å². The largest absolute Gasteiger partial charge is 0.371 e. The molecule has 1 aliphatic rings. The Kier molecular flexibility index (Phi) is 5.64. The van der Waals surface area contributed by atoms with E-state index in [1.54, 1.807) is 0 Å². The molecule has 0 spiro atoms. The van der Waals surface area contributed by atoms with E-state index in [2.05, 4.69) is 10.2 Å². The highest BCUT2D eigenvalue weighted by atomic mass is 35.5. The molecule has 3 rings (SSSR count). The van der Waals surface area contributed by atoms with Crippen LogP contribution in [0, 0.1) is 16.0 Å². The second kappa shape index (κ2) is 7.93. The number of hydrogen-bond acceptors (Lipinski definition) is 4. The van der Waals surface area contributed by atoms with Crippen LogP contribution >= 0.6 is 23.2 Å². The molecule has 2 aromatic rings. The Hall–Kier alpha value is -2.31. The summed E-state index contributed by atoms with van der Waals surface area (Å²) in [5.74, 6) is -0.334. The van der Waals surface area contributed by atoms with Crippen molar-refractivity contribution in [2.45, 2.75) is 12.8 Å². The molecule has 0 atom stereocenters. The average Bonchev–Trinajstić information content (AvgIpc) is 2.63. The minimum atomic E-state index is -0.518. The Morgan fingerprint density at radius 1 is 1.15 bits per heavy atom. The van der Waals surface area contributed by atoms with Gasteiger partial charge in [-0.25, -0.2) is 0 Å². The van der Waals surface area contributed by atoms with Gasteiger partial charge in [0.2, 0.25) is 5.91 Å². The molecule has 136 valence electrons. The van der Waals surface area contributed by atoms with Crippen molar-refractivity contribution >= 4 is 46.2 Å². The van der Waals surface area contributed by atoms with Crippen LogP contribution in [0.5, 0.6) is 0 Å². The van der Waals surface area contributed by atoms with E-state index in [1.165, 1.54) is 18.2 Å². The third-order valence-electron chi connectivity index (χ3n) is 4.46. The SMILES string of the molecule is O=C(Nc1cc([N+](=O)[O-])ccc1Cl)C1CCN(c2cccc(Cl)c2)CC1. The third kappa shape index (κ3) is 4.26. The summed E-state index contributed by atoms with van der Waals surface area (Å²) in [6, 6.07) is 11.6. The summed E-state index contributed by atoms with van der Waals surface area (Å²) in [5.41, 5.74) is 1.20. The Morgan fingerprint density at radius 2 is 1.88 bits per heavy atom. The van der Waals surface area contributed by atoms with Gasteiger partial charge in [-0.2, -0.15) is 0 Å². The van der Waals surface area contributed by atoms with Gasteiger partial charge in [-0.3, -0.25) is 14.9 Å². The number of nitrogens with zero attached hydrogens (tertiary/aromatic N) is 2. The third-order valence-corrected chi connectivity index (χ3v) is 5.02. The smallest absolute Gasteiger partial charge is 0.271 e. The Morgan fingerprint density at radius 3 is 2.54 bits per heavy atom. The van der Waals surface area contributed by atoms with Gasteiger partial charge in [0.25, 0.3) is 5.69 Å². The van der Waals surface area contributed by atoms with Crippen molar-refractivity contribution in [1.82, 2.24) is 0 Å². The normalized spacial score (nSPS) is 14.9. The number of hydrogen-bond donors (Lipinski definition) is 1. The number of non-ortho nitro benzene ring substituents is 1. The Bertz CT molecular complexity index is 836. The van der Waals surface area contributed by atoms with Gasteiger partial charge in [0, 0.05) is 41.9 Å². The lowest BCUT2D eigenvalue weighted by Gasteiger charge is -2.33. The molecular weight excluding hydrogens is 377 g/mol. The van der Waals surface area contributed by atoms with E-state index in [1.807, 2.05) is 24.3 Å². The fourth-order valence-electron chi connectivity index (χ4n) is 3.03. The molecule has 1 aliphatic heterocycles. The summed E-state index contributed by atoms with van der Waals surface area (Å²) >= 11 is 12.1. The van der Waals surface area contributed by atoms with Crippen LogP contribution in [0.3, 0.4) is 0 Å². The van der Waals surface area contributed by atoms with Crippen LogP contribution in [0.15, 0.2) is 42.5 Å². The van der Waals surface area contributed by atoms with Crippen LogP contribution < -0.4 is 10.2 Å². The number of benzene rings is 2. The maximum atomic E-state index is 12.5. The van der Waals surface area contributed by atoms with Gasteiger partial charge in [0.05, 0.1) is 15.6 Å². The van der Waals surface area contributed by atoms with Crippen LogP contribution in [-0.2, 0) is 4.79 Å². The van der Waals surface area contributed by atoms with E-state index in [4.69, 9.17) is 23.2 Å². The van der Waals surface area contributed by atoms with Gasteiger partial charge >= 0.3 is 0 Å². The van der Waals surface area contributed by atoms with Gasteiger partial charge < -0.3 is 10.2 Å². The molecule has 1 saturated heterocycles. The van der Waals surface area contributed by atoms with Gasteiger partial charge in [-0.05, 0) is 37.1 Å². The van der Waals surface area contributed by atoms with Gasteiger partial charge in [-0.1, -0.05) is 29.3 Å². The number of amides is 1. The molecule has 0 aromatic heterocycles. The minimum absolute atomic E-state index is 0.111. The number of rotatable bonds is 4. The summed E-state index contributed by atoms with van der Waals surface area (Å²) in [4.78, 5) is 25.1. The second-order valence-corrected chi connectivity index (χ2v) is 7.00. The van der Waals surface area contributed by atoms with Crippen molar-refractivity contribution < 1.29 is 9.72 Å². The molecule has 0 aliphatic carbocycles. The zero-order chi connectivity index (χ0) is 18.7. The monoisotopic (exact) mass is 393 g/mol. The highest BCUT2D eigenvalue weighted by Crippen LogP contribution is 2.29. The van der Waals surface area contributed by atoms with Crippen LogP contribution in [0.4, 0.5) is 17.1 Å². The number of piperidine rings is 1. The first-order valence-corrected chi connectivity index (χ1v) is 8.95. The molecule has 6 nitrogen and oxygen atoms in total. The lowest BCUT2D eigenvalue weighted by Crippen LogP contribution is -2.38. The van der Waals surface area contributed by atoms with Crippen LogP contribution in [-0.4, -0.2) is 23.9 Å². The van der Waals surface area contributed by atoms with E-state index in [9.17, 15) is 14.9 Å². The van der Waals surface area contributed by atoms with Gasteiger partial charge in [-0.15, -0.1) is 0 Å². The average molecular weight is 394 g/mol. The lowest BCUT2D eigenvalue weighted by molar-refractivity contribution is -0.384. The van der Waals surface area contributed by atoms with Crippen molar-refractivity contribution in [1.29, 1.82) is 0 Å². The molecule has 26 heavy (non-hydrogen) atoms. The molecule has 0 bridgehead atoms. The first-order chi connectivity index (χ1) is 12.4. The first kappa shape index (κ1) is 18.5. The van der Waals surface area contributed by atoms with Gasteiger partial charge in [0.15, 0.2) is 0 Å². The lowest BCUT2D eigenvalue weighted by atomic mass is 9.95. The van der Waals surface area contributed by atoms with Crippen LogP contribution in [0.2, 0.25) is 10.0 Å². The molecular formula is C18H17Cl2N3O3. The summed E-state index contributed by atoms with van der Waals surface area (Å²) in [6.07, 6.45) is 1.37. The molecule has 8 heteroatoms. The standard InChI is InChI=1S/C18H17Cl2N3O3/c19-13-2-1-3-14(10-13)22-8-6-12(7-9-22)18(24)21-17-11-15(23(25)26)4-5-16(17)20/h1-5,10-12H,6-9H2,(H,21,24). The molecule has 1 fully saturated rings. The molecule has 0 unspecified atom stereocenters. The predicted octanol–water partition coefficient (Wildman–Crippen LogP) is 4.76. The summed E-state index contributed by atoms with van der Waals surface area (Å²) in [6.45, 7) is 1.47. The number of halogens is 2. The zero-order valence-corrected chi connectivity index (χ0v) is 15.3. The molecule has 1 N–H and O–H groups in total. The maximum Gasteiger partial charge on any atom is 0.271 e. The quantitative estimate of drug-likeness (QED) is 0.600. The van der Waals surface area contributed by atoms with E-state index in [-0.39, 0.29) is 28.2 Å². The molecule has 2 aromatic carbocycles. The van der Waals surface area contributed by atoms with E-state index in [0.717, 1.165) is 18.8 Å². The van der Waals surface area contributed by atoms with Crippen molar-refractivity contribution in [3.8, 4) is 0 Å². The highest BCUT2D eigenvalue weighted by molar-refractivity contribution is 6.33. The predicted molar refractivity (Wildman–Crippen MR) is 103 cm³/mol. The number of carbonyl (C=O) groups is 1. The number of nitro benzene ring substituents is 1. The zero-order valence-electron chi connectivity index (χ0n) is 13.8. The summed E-state index contributed by atoms with van der Waals surface area (Å²) in [5, 5.41) is 14.6. The number of anilines is 2. The number of nitrogens with one attached hydrogen (secondary N) is 1. The minimum Gasteiger partial charge on any atom is -0.371 e. The second-order valence-electron chi connectivity index (χ2n) is 6.15. The Balaban J connectivity index is 1.62. The van der Waals surface area contributed by atoms with Crippen molar-refractivity contribution in [3.63, 3.8) is 0 Å². The van der Waals surface area contributed by atoms with Crippen molar-refractivity contribution in [2.24, 2.45) is 5.92 Å². The van der Waals surface area contributed by atoms with E-state index >= 15 is 0 Å². The fourth-order valence-corrected chi connectivity index (χ4v) is 3.38. The molecule has 1 heterocycles. The Labute approximate surface area is 160 Å². The molecule has 1 amide bonds. The summed E-state index contributed by atoms with van der Waals surface area (Å²) < 4.78 is 0. The number of nitro groups is 1. The number of carbonyl (C=O) groups excluding carboxylic acids is 1.